The molecular weight excluding hydrogens is 292 g/mol. The van der Waals surface area contributed by atoms with Crippen LogP contribution in [0.4, 0.5) is 10.8 Å². The van der Waals surface area contributed by atoms with E-state index in [9.17, 15) is 4.79 Å². The average molecular weight is 302 g/mol. The number of nitrogen functional groups attached to an aromatic ring is 1. The lowest BCUT2D eigenvalue weighted by atomic mass is 10.1. The summed E-state index contributed by atoms with van der Waals surface area (Å²) in [7, 11) is 0. The first-order valence-electron chi connectivity index (χ1n) is 5.84. The molecule has 2 aromatic rings. The van der Waals surface area contributed by atoms with Crippen molar-refractivity contribution >= 4 is 39.8 Å². The predicted molar refractivity (Wildman–Crippen MR) is 80.7 cm³/mol. The molecular formula is C13H10N4OS2. The number of thiazole rings is 1. The zero-order chi connectivity index (χ0) is 14.1. The second kappa shape index (κ2) is 5.15. The molecule has 0 saturated carbocycles. The second-order valence-electron chi connectivity index (χ2n) is 4.18. The third kappa shape index (κ3) is 2.24. The van der Waals surface area contributed by atoms with Gasteiger partial charge in [-0.05, 0) is 12.1 Å². The summed E-state index contributed by atoms with van der Waals surface area (Å²) in [4.78, 5) is 18.6. The van der Waals surface area contributed by atoms with Crippen LogP contribution >= 0.6 is 23.1 Å². The Balaban J connectivity index is 2.01. The predicted octanol–water partition coefficient (Wildman–Crippen LogP) is 2.35. The Labute approximate surface area is 124 Å². The highest BCUT2D eigenvalue weighted by Gasteiger charge is 2.24. The topological polar surface area (TPSA) is 83.0 Å². The average Bonchev–Trinajstić information content (AvgIpc) is 2.88. The Morgan fingerprint density at radius 3 is 3.05 bits per heavy atom. The molecule has 0 unspecified atom stereocenters. The van der Waals surface area contributed by atoms with E-state index in [4.69, 9.17) is 11.0 Å². The summed E-state index contributed by atoms with van der Waals surface area (Å²) in [5, 5.41) is 11.3. The number of carbonyl (C=O) groups excluding carboxylic acids is 1. The van der Waals surface area contributed by atoms with Gasteiger partial charge in [-0.1, -0.05) is 6.07 Å². The summed E-state index contributed by atoms with van der Waals surface area (Å²) >= 11 is 2.88. The van der Waals surface area contributed by atoms with E-state index in [0.29, 0.717) is 10.9 Å². The fourth-order valence-corrected chi connectivity index (χ4v) is 3.57. The number of benzene rings is 1. The maximum atomic E-state index is 11.8. The van der Waals surface area contributed by atoms with E-state index in [1.165, 1.54) is 28.0 Å². The molecule has 0 bridgehead atoms. The van der Waals surface area contributed by atoms with Crippen LogP contribution in [0.25, 0.3) is 11.3 Å². The molecule has 2 N–H and O–H groups in total. The first-order valence-corrected chi connectivity index (χ1v) is 7.71. The molecule has 0 saturated heterocycles. The fraction of sp³-hybridized carbons (Fsp3) is 0.154. The minimum absolute atomic E-state index is 0.0327. The van der Waals surface area contributed by atoms with Gasteiger partial charge in [0.1, 0.15) is 6.54 Å². The number of thioether (sulfide) groups is 1. The molecule has 0 spiro atoms. The van der Waals surface area contributed by atoms with Crippen LogP contribution in [0.3, 0.4) is 0 Å². The van der Waals surface area contributed by atoms with E-state index >= 15 is 0 Å². The zero-order valence-corrected chi connectivity index (χ0v) is 12.0. The number of amides is 1. The number of nitriles is 1. The molecule has 2 heterocycles. The van der Waals surface area contributed by atoms with Gasteiger partial charge >= 0.3 is 0 Å². The fourth-order valence-electron chi connectivity index (χ4n) is 2.03. The first kappa shape index (κ1) is 13.0. The van der Waals surface area contributed by atoms with Gasteiger partial charge in [-0.25, -0.2) is 4.98 Å². The smallest absolute Gasteiger partial charge is 0.238 e. The van der Waals surface area contributed by atoms with Gasteiger partial charge in [0, 0.05) is 15.8 Å². The van der Waals surface area contributed by atoms with Gasteiger partial charge in [-0.2, -0.15) is 5.26 Å². The largest absolute Gasteiger partial charge is 0.375 e. The van der Waals surface area contributed by atoms with Gasteiger partial charge in [0.05, 0.1) is 23.2 Å². The maximum absolute atomic E-state index is 11.8. The summed E-state index contributed by atoms with van der Waals surface area (Å²) in [6.07, 6.45) is 0. The van der Waals surface area contributed by atoms with Gasteiger partial charge in [0.25, 0.3) is 0 Å². The van der Waals surface area contributed by atoms with E-state index in [2.05, 4.69) is 4.98 Å². The van der Waals surface area contributed by atoms with Crippen molar-refractivity contribution in [2.75, 3.05) is 22.9 Å². The standard InChI is InChI=1S/C13H10N4OS2/c14-3-4-17-10-2-1-8(9-6-20-13(15)16-9)5-11(10)19-7-12(17)18/h1-2,5-6H,4,7H2,(H2,15,16). The Morgan fingerprint density at radius 2 is 2.35 bits per heavy atom. The van der Waals surface area contributed by atoms with E-state index < -0.39 is 0 Å². The molecule has 0 atom stereocenters. The van der Waals surface area contributed by atoms with Crippen molar-refractivity contribution in [3.63, 3.8) is 0 Å². The van der Waals surface area contributed by atoms with Gasteiger partial charge < -0.3 is 5.73 Å². The quantitative estimate of drug-likeness (QED) is 0.861. The van der Waals surface area contributed by atoms with Crippen LogP contribution in [0.15, 0.2) is 28.5 Å². The number of fused-ring (bicyclic) bond motifs is 1. The summed E-state index contributed by atoms with van der Waals surface area (Å²) in [6, 6.07) is 7.78. The lowest BCUT2D eigenvalue weighted by molar-refractivity contribution is -0.116. The number of anilines is 2. The van der Waals surface area contributed by atoms with Crippen molar-refractivity contribution in [3.8, 4) is 17.3 Å². The number of nitrogens with two attached hydrogens (primary N) is 1. The molecule has 7 heteroatoms. The highest BCUT2D eigenvalue weighted by Crippen LogP contribution is 2.38. The van der Waals surface area contributed by atoms with E-state index in [1.54, 1.807) is 0 Å². The van der Waals surface area contributed by atoms with Gasteiger partial charge in [-0.15, -0.1) is 23.1 Å². The van der Waals surface area contributed by atoms with Crippen molar-refractivity contribution < 1.29 is 4.79 Å². The third-order valence-electron chi connectivity index (χ3n) is 2.95. The molecule has 1 aromatic heterocycles. The van der Waals surface area contributed by atoms with Crippen LogP contribution in [0.2, 0.25) is 0 Å². The summed E-state index contributed by atoms with van der Waals surface area (Å²) in [5.41, 5.74) is 8.24. The highest BCUT2D eigenvalue weighted by molar-refractivity contribution is 8.00. The molecule has 100 valence electrons. The maximum Gasteiger partial charge on any atom is 0.238 e. The van der Waals surface area contributed by atoms with E-state index in [0.717, 1.165) is 21.8 Å². The number of hydrogen-bond donors (Lipinski definition) is 1. The molecule has 1 amide bonds. The van der Waals surface area contributed by atoms with Crippen LogP contribution in [0.5, 0.6) is 0 Å². The van der Waals surface area contributed by atoms with Crippen molar-refractivity contribution in [2.24, 2.45) is 0 Å². The van der Waals surface area contributed by atoms with Crippen molar-refractivity contribution in [1.29, 1.82) is 5.26 Å². The van der Waals surface area contributed by atoms with Crippen molar-refractivity contribution in [3.05, 3.63) is 23.6 Å². The Bertz CT molecular complexity index is 719. The van der Waals surface area contributed by atoms with E-state index in [-0.39, 0.29) is 12.5 Å². The molecule has 1 aliphatic rings. The molecule has 20 heavy (non-hydrogen) atoms. The number of aromatic nitrogens is 1. The van der Waals surface area contributed by atoms with Crippen LogP contribution in [-0.4, -0.2) is 23.2 Å². The lowest BCUT2D eigenvalue weighted by Crippen LogP contribution is -2.35. The van der Waals surface area contributed by atoms with Crippen LogP contribution in [0.1, 0.15) is 0 Å². The van der Waals surface area contributed by atoms with Crippen LogP contribution in [-0.2, 0) is 4.79 Å². The lowest BCUT2D eigenvalue weighted by Gasteiger charge is -2.27. The summed E-state index contributed by atoms with van der Waals surface area (Å²) in [5.74, 6) is 0.326. The van der Waals surface area contributed by atoms with Gasteiger partial charge in [0.2, 0.25) is 5.91 Å². The molecule has 0 fully saturated rings. The van der Waals surface area contributed by atoms with Gasteiger partial charge in [0.15, 0.2) is 5.13 Å². The van der Waals surface area contributed by atoms with Crippen LogP contribution < -0.4 is 10.6 Å². The zero-order valence-electron chi connectivity index (χ0n) is 10.4. The SMILES string of the molecule is N#CCN1C(=O)CSc2cc(-c3csc(N)n3)ccc21. The molecule has 5 nitrogen and oxygen atoms in total. The Morgan fingerprint density at radius 1 is 1.50 bits per heavy atom. The molecule has 1 aliphatic heterocycles. The number of rotatable bonds is 2. The monoisotopic (exact) mass is 302 g/mol. The van der Waals surface area contributed by atoms with Crippen LogP contribution in [0, 0.1) is 11.3 Å². The minimum Gasteiger partial charge on any atom is -0.375 e. The Hall–Kier alpha value is -2.04. The second-order valence-corrected chi connectivity index (χ2v) is 6.09. The van der Waals surface area contributed by atoms with Gasteiger partial charge in [-0.3, -0.25) is 9.69 Å². The molecule has 1 aromatic carbocycles. The third-order valence-corrected chi connectivity index (χ3v) is 4.65. The number of hydrogen-bond acceptors (Lipinski definition) is 6. The van der Waals surface area contributed by atoms with Crippen molar-refractivity contribution in [1.82, 2.24) is 4.98 Å². The molecule has 0 aliphatic carbocycles. The number of carbonyl (C=O) groups is 1. The Kier molecular flexibility index (Phi) is 3.34. The van der Waals surface area contributed by atoms with Crippen molar-refractivity contribution in [2.45, 2.75) is 4.90 Å². The minimum atomic E-state index is -0.0327. The first-order chi connectivity index (χ1) is 9.69. The highest BCUT2D eigenvalue weighted by atomic mass is 32.2. The summed E-state index contributed by atoms with van der Waals surface area (Å²) in [6.45, 7) is 0.0788. The number of nitrogens with zero attached hydrogens (tertiary/aromatic N) is 3. The summed E-state index contributed by atoms with van der Waals surface area (Å²) < 4.78 is 0. The van der Waals surface area contributed by atoms with E-state index in [1.807, 2.05) is 29.6 Å². The molecule has 0 radical (unpaired) electrons. The molecule has 3 rings (SSSR count). The normalized spacial score (nSPS) is 13.9.